The summed E-state index contributed by atoms with van der Waals surface area (Å²) >= 11 is 0. The quantitative estimate of drug-likeness (QED) is 0.389. The molecule has 0 aromatic rings. The molecule has 106 valence electrons. The zero-order valence-electron chi connectivity index (χ0n) is 12.2. The third-order valence-corrected chi connectivity index (χ3v) is 3.78. The first-order chi connectivity index (χ1) is 8.77. The number of hydrogen-bond donors (Lipinski definition) is 0. The molecular weight excluding hydrogens is 224 g/mol. The molecule has 1 fully saturated rings. The van der Waals surface area contributed by atoms with Gasteiger partial charge in [-0.2, -0.15) is 0 Å². The molecule has 0 saturated heterocycles. The van der Waals surface area contributed by atoms with E-state index in [1.807, 2.05) is 0 Å². The minimum absolute atomic E-state index is 0.0600. The van der Waals surface area contributed by atoms with Crippen LogP contribution in [-0.2, 0) is 9.53 Å². The molecule has 0 N–H and O–H groups in total. The SMILES string of the molecule is CCCCCCCCCC(CC)OC(=O)C1CC1. The van der Waals surface area contributed by atoms with Crippen LogP contribution in [0.4, 0.5) is 0 Å². The van der Waals surface area contributed by atoms with E-state index in [0.29, 0.717) is 0 Å². The smallest absolute Gasteiger partial charge is 0.309 e. The minimum Gasteiger partial charge on any atom is -0.462 e. The van der Waals surface area contributed by atoms with Gasteiger partial charge in [0, 0.05) is 0 Å². The number of rotatable bonds is 11. The van der Waals surface area contributed by atoms with Crippen molar-refractivity contribution in [3.63, 3.8) is 0 Å². The van der Waals surface area contributed by atoms with Crippen molar-refractivity contribution in [1.29, 1.82) is 0 Å². The van der Waals surface area contributed by atoms with E-state index in [2.05, 4.69) is 13.8 Å². The van der Waals surface area contributed by atoms with Crippen molar-refractivity contribution >= 4 is 5.97 Å². The van der Waals surface area contributed by atoms with Crippen molar-refractivity contribution in [1.82, 2.24) is 0 Å². The number of ether oxygens (including phenoxy) is 1. The Morgan fingerprint density at radius 3 is 2.22 bits per heavy atom. The molecule has 0 aliphatic heterocycles. The van der Waals surface area contributed by atoms with Gasteiger partial charge >= 0.3 is 5.97 Å². The average molecular weight is 254 g/mol. The Labute approximate surface area is 112 Å². The summed E-state index contributed by atoms with van der Waals surface area (Å²) in [7, 11) is 0. The van der Waals surface area contributed by atoms with Gasteiger partial charge < -0.3 is 4.74 Å². The molecule has 0 heterocycles. The summed E-state index contributed by atoms with van der Waals surface area (Å²) in [5.74, 6) is 0.304. The summed E-state index contributed by atoms with van der Waals surface area (Å²) < 4.78 is 5.53. The first kappa shape index (κ1) is 15.5. The number of unbranched alkanes of at least 4 members (excludes halogenated alkanes) is 6. The third-order valence-electron chi connectivity index (χ3n) is 3.78. The molecule has 1 unspecified atom stereocenters. The largest absolute Gasteiger partial charge is 0.462 e. The van der Waals surface area contributed by atoms with Crippen LogP contribution >= 0.6 is 0 Å². The summed E-state index contributed by atoms with van der Waals surface area (Å²) in [6.07, 6.45) is 13.6. The first-order valence-electron chi connectivity index (χ1n) is 7.98. The topological polar surface area (TPSA) is 26.3 Å². The van der Waals surface area contributed by atoms with Crippen LogP contribution in [-0.4, -0.2) is 12.1 Å². The first-order valence-corrected chi connectivity index (χ1v) is 7.98. The second kappa shape index (κ2) is 9.41. The molecule has 1 aliphatic rings. The fraction of sp³-hybridized carbons (Fsp3) is 0.938. The van der Waals surface area contributed by atoms with Crippen molar-refractivity contribution in [2.75, 3.05) is 0 Å². The Morgan fingerprint density at radius 1 is 1.06 bits per heavy atom. The van der Waals surface area contributed by atoms with Gasteiger partial charge in [0.15, 0.2) is 0 Å². The van der Waals surface area contributed by atoms with Crippen LogP contribution in [0, 0.1) is 5.92 Å². The molecule has 2 nitrogen and oxygen atoms in total. The molecule has 0 spiro atoms. The van der Waals surface area contributed by atoms with E-state index in [1.165, 1.54) is 44.9 Å². The standard InChI is InChI=1S/C16H30O2/c1-3-5-6-7-8-9-10-11-15(4-2)18-16(17)14-12-13-14/h14-15H,3-13H2,1-2H3. The summed E-state index contributed by atoms with van der Waals surface area (Å²) in [6, 6.07) is 0. The third kappa shape index (κ3) is 7.03. The highest BCUT2D eigenvalue weighted by Crippen LogP contribution is 2.31. The van der Waals surface area contributed by atoms with Gasteiger partial charge in [-0.25, -0.2) is 0 Å². The molecule has 1 rings (SSSR count). The molecular formula is C16H30O2. The Balaban J connectivity index is 1.95. The Hall–Kier alpha value is -0.530. The minimum atomic E-state index is 0.0600. The van der Waals surface area contributed by atoms with Gasteiger partial charge in [-0.1, -0.05) is 52.4 Å². The van der Waals surface area contributed by atoms with Crippen molar-refractivity contribution in [2.45, 2.75) is 90.6 Å². The average Bonchev–Trinajstić information content (AvgIpc) is 3.20. The molecule has 0 aromatic heterocycles. The number of esters is 1. The van der Waals surface area contributed by atoms with Gasteiger partial charge in [0.1, 0.15) is 6.10 Å². The van der Waals surface area contributed by atoms with Gasteiger partial charge in [0.2, 0.25) is 0 Å². The van der Waals surface area contributed by atoms with E-state index < -0.39 is 0 Å². The fourth-order valence-electron chi connectivity index (χ4n) is 2.26. The maximum atomic E-state index is 11.6. The lowest BCUT2D eigenvalue weighted by atomic mass is 10.1. The highest BCUT2D eigenvalue weighted by atomic mass is 16.5. The van der Waals surface area contributed by atoms with Gasteiger partial charge in [0.05, 0.1) is 5.92 Å². The van der Waals surface area contributed by atoms with Gasteiger partial charge in [-0.05, 0) is 32.1 Å². The van der Waals surface area contributed by atoms with E-state index in [4.69, 9.17) is 4.74 Å². The second-order valence-electron chi connectivity index (χ2n) is 5.65. The van der Waals surface area contributed by atoms with Crippen LogP contribution in [0.2, 0.25) is 0 Å². The van der Waals surface area contributed by atoms with Crippen LogP contribution in [0.5, 0.6) is 0 Å². The molecule has 1 atom stereocenters. The van der Waals surface area contributed by atoms with E-state index >= 15 is 0 Å². The van der Waals surface area contributed by atoms with Crippen molar-refractivity contribution in [3.8, 4) is 0 Å². The van der Waals surface area contributed by atoms with Crippen molar-refractivity contribution in [2.24, 2.45) is 5.92 Å². The zero-order chi connectivity index (χ0) is 13.2. The van der Waals surface area contributed by atoms with E-state index in [-0.39, 0.29) is 18.0 Å². The second-order valence-corrected chi connectivity index (χ2v) is 5.65. The number of carbonyl (C=O) groups excluding carboxylic acids is 1. The molecule has 0 bridgehead atoms. The molecule has 0 radical (unpaired) electrons. The summed E-state index contributed by atoms with van der Waals surface area (Å²) in [6.45, 7) is 4.37. The molecule has 18 heavy (non-hydrogen) atoms. The Morgan fingerprint density at radius 2 is 1.67 bits per heavy atom. The monoisotopic (exact) mass is 254 g/mol. The lowest BCUT2D eigenvalue weighted by Crippen LogP contribution is -2.18. The van der Waals surface area contributed by atoms with Crippen molar-refractivity contribution in [3.05, 3.63) is 0 Å². The van der Waals surface area contributed by atoms with Crippen LogP contribution in [0.25, 0.3) is 0 Å². The molecule has 0 aromatic carbocycles. The maximum absolute atomic E-state index is 11.6. The highest BCUT2D eigenvalue weighted by molar-refractivity contribution is 5.75. The summed E-state index contributed by atoms with van der Waals surface area (Å²) in [5, 5.41) is 0. The normalized spacial score (nSPS) is 16.6. The Bertz CT molecular complexity index is 221. The molecule has 1 saturated carbocycles. The zero-order valence-corrected chi connectivity index (χ0v) is 12.2. The predicted octanol–water partition coefficient (Wildman–Crippen LogP) is 4.86. The van der Waals surface area contributed by atoms with Crippen LogP contribution in [0.3, 0.4) is 0 Å². The van der Waals surface area contributed by atoms with Crippen LogP contribution in [0.1, 0.15) is 84.5 Å². The number of hydrogen-bond acceptors (Lipinski definition) is 2. The van der Waals surface area contributed by atoms with Gasteiger partial charge in [0.25, 0.3) is 0 Å². The predicted molar refractivity (Wildman–Crippen MR) is 75.5 cm³/mol. The molecule has 2 heteroatoms. The molecule has 0 amide bonds. The van der Waals surface area contributed by atoms with Crippen LogP contribution in [0.15, 0.2) is 0 Å². The van der Waals surface area contributed by atoms with Crippen LogP contribution < -0.4 is 0 Å². The highest BCUT2D eigenvalue weighted by Gasteiger charge is 2.32. The summed E-state index contributed by atoms with van der Waals surface area (Å²) in [5.41, 5.74) is 0. The maximum Gasteiger partial charge on any atom is 0.309 e. The number of carbonyl (C=O) groups is 1. The summed E-state index contributed by atoms with van der Waals surface area (Å²) in [4.78, 5) is 11.6. The van der Waals surface area contributed by atoms with E-state index in [9.17, 15) is 4.79 Å². The van der Waals surface area contributed by atoms with Gasteiger partial charge in [-0.15, -0.1) is 0 Å². The fourth-order valence-corrected chi connectivity index (χ4v) is 2.26. The lowest BCUT2D eigenvalue weighted by Gasteiger charge is -2.15. The molecule has 1 aliphatic carbocycles. The lowest BCUT2D eigenvalue weighted by molar-refractivity contribution is -0.151. The Kier molecular flexibility index (Phi) is 8.11. The van der Waals surface area contributed by atoms with Crippen molar-refractivity contribution < 1.29 is 9.53 Å². The van der Waals surface area contributed by atoms with E-state index in [1.54, 1.807) is 0 Å². The van der Waals surface area contributed by atoms with E-state index in [0.717, 1.165) is 25.7 Å². The van der Waals surface area contributed by atoms with Gasteiger partial charge in [-0.3, -0.25) is 4.79 Å².